The predicted octanol–water partition coefficient (Wildman–Crippen LogP) is 2.83. The van der Waals surface area contributed by atoms with Crippen molar-refractivity contribution >= 4 is 15.9 Å². The van der Waals surface area contributed by atoms with E-state index in [9.17, 15) is 13.2 Å². The molecule has 106 valence electrons. The molecule has 2 aromatic rings. The molecule has 8 heteroatoms. The van der Waals surface area contributed by atoms with Gasteiger partial charge in [-0.1, -0.05) is 15.9 Å². The lowest BCUT2D eigenvalue weighted by Crippen LogP contribution is -2.28. The van der Waals surface area contributed by atoms with Gasteiger partial charge in [0.1, 0.15) is 5.82 Å². The van der Waals surface area contributed by atoms with Crippen molar-refractivity contribution < 1.29 is 13.2 Å². The van der Waals surface area contributed by atoms with E-state index in [2.05, 4.69) is 31.4 Å². The van der Waals surface area contributed by atoms with E-state index in [4.69, 9.17) is 0 Å². The first-order valence-electron chi connectivity index (χ1n) is 5.97. The molecule has 3 rings (SSSR count). The molecule has 2 heterocycles. The summed E-state index contributed by atoms with van der Waals surface area (Å²) in [4.78, 5) is 0. The van der Waals surface area contributed by atoms with Crippen molar-refractivity contribution in [2.75, 3.05) is 6.54 Å². The quantitative estimate of drug-likeness (QED) is 0.863. The van der Waals surface area contributed by atoms with Crippen molar-refractivity contribution in [3.63, 3.8) is 0 Å². The number of fused-ring (bicyclic) bond motifs is 1. The van der Waals surface area contributed by atoms with Gasteiger partial charge in [-0.3, -0.25) is 0 Å². The molecule has 0 aliphatic carbocycles. The van der Waals surface area contributed by atoms with Crippen LogP contribution >= 0.6 is 15.9 Å². The summed E-state index contributed by atoms with van der Waals surface area (Å²) < 4.78 is 40.8. The Hall–Kier alpha value is -1.41. The molecule has 1 aromatic heterocycles. The van der Waals surface area contributed by atoms with E-state index in [1.807, 2.05) is 4.57 Å². The number of aromatic nitrogens is 3. The van der Waals surface area contributed by atoms with Gasteiger partial charge in [-0.2, -0.15) is 13.2 Å². The Balaban J connectivity index is 2.12. The predicted molar refractivity (Wildman–Crippen MR) is 69.9 cm³/mol. The number of benzene rings is 1. The number of nitrogens with zero attached hydrogens (tertiary/aromatic N) is 3. The van der Waals surface area contributed by atoms with Crippen LogP contribution in [0.1, 0.15) is 11.4 Å². The summed E-state index contributed by atoms with van der Waals surface area (Å²) in [5.74, 6) is 1.19. The fraction of sp³-hybridized carbons (Fsp3) is 0.333. The lowest BCUT2D eigenvalue weighted by molar-refractivity contribution is -0.137. The van der Waals surface area contributed by atoms with Crippen LogP contribution in [0.3, 0.4) is 0 Å². The summed E-state index contributed by atoms with van der Waals surface area (Å²) in [5.41, 5.74) is -0.289. The van der Waals surface area contributed by atoms with E-state index in [-0.39, 0.29) is 0 Å². The summed E-state index contributed by atoms with van der Waals surface area (Å²) in [7, 11) is 0. The molecule has 0 radical (unpaired) electrons. The third kappa shape index (κ3) is 2.33. The monoisotopic (exact) mass is 346 g/mol. The summed E-state index contributed by atoms with van der Waals surface area (Å²) in [6.45, 7) is 1.96. The third-order valence-electron chi connectivity index (χ3n) is 3.16. The van der Waals surface area contributed by atoms with Gasteiger partial charge < -0.3 is 9.88 Å². The molecule has 0 amide bonds. The molecule has 0 bridgehead atoms. The maximum atomic E-state index is 12.8. The van der Waals surface area contributed by atoms with Crippen molar-refractivity contribution in [1.82, 2.24) is 20.1 Å². The highest BCUT2D eigenvalue weighted by molar-refractivity contribution is 9.10. The molecule has 4 nitrogen and oxygen atoms in total. The average Bonchev–Trinajstić information content (AvgIpc) is 2.82. The minimum Gasteiger partial charge on any atom is -0.309 e. The maximum absolute atomic E-state index is 12.8. The fourth-order valence-electron chi connectivity index (χ4n) is 2.16. The Morgan fingerprint density at radius 3 is 2.80 bits per heavy atom. The van der Waals surface area contributed by atoms with Gasteiger partial charge in [0, 0.05) is 23.1 Å². The van der Waals surface area contributed by atoms with Gasteiger partial charge in [0.25, 0.3) is 0 Å². The normalized spacial score (nSPS) is 15.2. The zero-order valence-electron chi connectivity index (χ0n) is 10.2. The van der Waals surface area contributed by atoms with Gasteiger partial charge >= 0.3 is 6.18 Å². The summed E-state index contributed by atoms with van der Waals surface area (Å²) in [6, 6.07) is 3.53. The Morgan fingerprint density at radius 1 is 1.25 bits per heavy atom. The third-order valence-corrected chi connectivity index (χ3v) is 3.85. The smallest absolute Gasteiger partial charge is 0.309 e. The molecule has 1 aromatic carbocycles. The molecule has 0 fully saturated rings. The van der Waals surface area contributed by atoms with Crippen LogP contribution in [0.4, 0.5) is 13.2 Å². The zero-order valence-corrected chi connectivity index (χ0v) is 11.8. The van der Waals surface area contributed by atoms with E-state index in [0.717, 1.165) is 24.5 Å². The number of alkyl halides is 3. The second kappa shape index (κ2) is 4.85. The molecular formula is C12H10BrF3N4. The largest absolute Gasteiger partial charge is 0.416 e. The molecule has 0 saturated carbocycles. The van der Waals surface area contributed by atoms with Crippen molar-refractivity contribution in [3.05, 3.63) is 34.1 Å². The van der Waals surface area contributed by atoms with E-state index in [1.54, 1.807) is 0 Å². The van der Waals surface area contributed by atoms with Gasteiger partial charge in [-0.05, 0) is 18.2 Å². The summed E-state index contributed by atoms with van der Waals surface area (Å²) in [6.07, 6.45) is -4.37. The Kier molecular flexibility index (Phi) is 3.29. The highest BCUT2D eigenvalue weighted by Gasteiger charge is 2.31. The van der Waals surface area contributed by atoms with Crippen molar-refractivity contribution in [2.24, 2.45) is 0 Å². The number of halogens is 4. The van der Waals surface area contributed by atoms with Crippen LogP contribution in [0.25, 0.3) is 11.4 Å². The Bertz CT molecular complexity index is 651. The Labute approximate surface area is 121 Å². The minimum absolute atomic E-state index is 0.403. The zero-order chi connectivity index (χ0) is 14.3. The number of nitrogens with one attached hydrogen (secondary N) is 1. The van der Waals surface area contributed by atoms with Crippen LogP contribution in [-0.2, 0) is 19.3 Å². The van der Waals surface area contributed by atoms with Gasteiger partial charge in [0.2, 0.25) is 0 Å². The second-order valence-electron chi connectivity index (χ2n) is 4.46. The molecule has 0 unspecified atom stereocenters. The van der Waals surface area contributed by atoms with Crippen LogP contribution in [0.5, 0.6) is 0 Å². The molecule has 0 saturated heterocycles. The van der Waals surface area contributed by atoms with Crippen molar-refractivity contribution in [3.8, 4) is 11.4 Å². The second-order valence-corrected chi connectivity index (χ2v) is 5.31. The van der Waals surface area contributed by atoms with Crippen molar-refractivity contribution in [1.29, 1.82) is 0 Å². The summed E-state index contributed by atoms with van der Waals surface area (Å²) in [5, 5.41) is 11.2. The molecule has 20 heavy (non-hydrogen) atoms. The van der Waals surface area contributed by atoms with Crippen LogP contribution in [-0.4, -0.2) is 21.3 Å². The number of hydrogen-bond donors (Lipinski definition) is 1. The molecular weight excluding hydrogens is 337 g/mol. The highest BCUT2D eigenvalue weighted by atomic mass is 79.9. The minimum atomic E-state index is -4.37. The van der Waals surface area contributed by atoms with Crippen LogP contribution in [0, 0.1) is 0 Å². The number of rotatable bonds is 1. The van der Waals surface area contributed by atoms with E-state index in [1.165, 1.54) is 6.07 Å². The van der Waals surface area contributed by atoms with E-state index < -0.39 is 11.7 Å². The first-order valence-corrected chi connectivity index (χ1v) is 6.76. The Morgan fingerprint density at radius 2 is 2.05 bits per heavy atom. The van der Waals surface area contributed by atoms with Gasteiger partial charge in [0.15, 0.2) is 5.82 Å². The van der Waals surface area contributed by atoms with Crippen LogP contribution in [0.15, 0.2) is 22.7 Å². The molecule has 1 aliphatic heterocycles. The lowest BCUT2D eigenvalue weighted by atomic mass is 10.1. The molecule has 0 spiro atoms. The molecule has 1 N–H and O–H groups in total. The maximum Gasteiger partial charge on any atom is 0.416 e. The molecule has 1 aliphatic rings. The van der Waals surface area contributed by atoms with Crippen LogP contribution < -0.4 is 5.32 Å². The van der Waals surface area contributed by atoms with Gasteiger partial charge in [0.05, 0.1) is 12.1 Å². The standard InChI is InChI=1S/C12H10BrF3N4/c13-9-2-1-7(12(14,15)16)5-8(9)11-19-18-10-6-17-3-4-20(10)11/h1-2,5,17H,3-4,6H2. The van der Waals surface area contributed by atoms with E-state index >= 15 is 0 Å². The first kappa shape index (κ1) is 13.6. The SMILES string of the molecule is FC(F)(F)c1ccc(Br)c(-c2nnc3n2CCNC3)c1. The summed E-state index contributed by atoms with van der Waals surface area (Å²) >= 11 is 3.28. The topological polar surface area (TPSA) is 42.7 Å². The van der Waals surface area contributed by atoms with Gasteiger partial charge in [-0.15, -0.1) is 10.2 Å². The molecule has 0 atom stereocenters. The van der Waals surface area contributed by atoms with Crippen molar-refractivity contribution in [2.45, 2.75) is 19.3 Å². The fourth-order valence-corrected chi connectivity index (χ4v) is 2.59. The lowest BCUT2D eigenvalue weighted by Gasteiger charge is -2.17. The highest BCUT2D eigenvalue weighted by Crippen LogP contribution is 2.35. The first-order chi connectivity index (χ1) is 9.47. The average molecular weight is 347 g/mol. The van der Waals surface area contributed by atoms with Gasteiger partial charge in [-0.25, -0.2) is 0 Å². The number of hydrogen-bond acceptors (Lipinski definition) is 3. The van der Waals surface area contributed by atoms with Crippen LogP contribution in [0.2, 0.25) is 0 Å². The van der Waals surface area contributed by atoms with E-state index in [0.29, 0.717) is 29.0 Å².